The van der Waals surface area contributed by atoms with Gasteiger partial charge in [-0.2, -0.15) is 4.98 Å². The monoisotopic (exact) mass is 267 g/mol. The van der Waals surface area contributed by atoms with Crippen molar-refractivity contribution in [1.29, 1.82) is 0 Å². The molecular formula is C13H25N5O. The third-order valence-corrected chi connectivity index (χ3v) is 3.60. The van der Waals surface area contributed by atoms with Crippen molar-refractivity contribution < 1.29 is 4.74 Å². The fourth-order valence-electron chi connectivity index (χ4n) is 2.48. The molecule has 1 saturated heterocycles. The van der Waals surface area contributed by atoms with E-state index in [4.69, 9.17) is 4.74 Å². The van der Waals surface area contributed by atoms with E-state index < -0.39 is 0 Å². The van der Waals surface area contributed by atoms with Gasteiger partial charge in [-0.05, 0) is 39.3 Å². The van der Waals surface area contributed by atoms with Crippen LogP contribution in [0.2, 0.25) is 0 Å². The molecule has 19 heavy (non-hydrogen) atoms. The third kappa shape index (κ3) is 4.18. The summed E-state index contributed by atoms with van der Waals surface area (Å²) in [5.41, 5.74) is 0. The average molecular weight is 267 g/mol. The number of nitrogens with zero attached hydrogens (tertiary/aromatic N) is 3. The molecule has 0 amide bonds. The number of anilines is 1. The highest BCUT2D eigenvalue weighted by Gasteiger charge is 2.21. The Balaban J connectivity index is 1.79. The second kappa shape index (κ2) is 7.45. The Bertz CT molecular complexity index is 360. The summed E-state index contributed by atoms with van der Waals surface area (Å²) >= 11 is 0. The number of ether oxygens (including phenoxy) is 1. The van der Waals surface area contributed by atoms with Gasteiger partial charge in [0.2, 0.25) is 5.95 Å². The summed E-state index contributed by atoms with van der Waals surface area (Å²) in [4.78, 5) is 6.81. The van der Waals surface area contributed by atoms with Gasteiger partial charge in [0.15, 0.2) is 0 Å². The number of rotatable bonds is 7. The van der Waals surface area contributed by atoms with Crippen LogP contribution in [0.3, 0.4) is 0 Å². The fraction of sp³-hybridized carbons (Fsp3) is 0.846. The van der Waals surface area contributed by atoms with Gasteiger partial charge in [-0.1, -0.05) is 0 Å². The molecule has 2 heterocycles. The highest BCUT2D eigenvalue weighted by Crippen LogP contribution is 2.19. The molecule has 6 nitrogen and oxygen atoms in total. The fourth-order valence-corrected chi connectivity index (χ4v) is 2.48. The molecular weight excluding hydrogens is 242 g/mol. The van der Waals surface area contributed by atoms with E-state index >= 15 is 0 Å². The summed E-state index contributed by atoms with van der Waals surface area (Å²) < 4.78 is 5.32. The van der Waals surface area contributed by atoms with Gasteiger partial charge in [-0.25, -0.2) is 0 Å². The molecule has 1 fully saturated rings. The largest absolute Gasteiger partial charge is 0.381 e. The molecule has 1 aromatic rings. The van der Waals surface area contributed by atoms with Crippen LogP contribution in [0.5, 0.6) is 0 Å². The lowest BCUT2D eigenvalue weighted by atomic mass is 9.97. The summed E-state index contributed by atoms with van der Waals surface area (Å²) in [7, 11) is 2.02. The first-order valence-corrected chi connectivity index (χ1v) is 7.22. The minimum atomic E-state index is 0.704. The van der Waals surface area contributed by atoms with Crippen molar-refractivity contribution in [2.45, 2.75) is 26.2 Å². The smallest absolute Gasteiger partial charge is 0.244 e. The van der Waals surface area contributed by atoms with Crippen LogP contribution >= 0.6 is 0 Å². The summed E-state index contributed by atoms with van der Waals surface area (Å²) in [6.07, 6.45) is 3.23. The van der Waals surface area contributed by atoms with Crippen LogP contribution in [0.15, 0.2) is 0 Å². The molecule has 0 unspecified atom stereocenters. The lowest BCUT2D eigenvalue weighted by molar-refractivity contribution is 0.149. The predicted molar refractivity (Wildman–Crippen MR) is 75.4 cm³/mol. The topological polar surface area (TPSA) is 66.1 Å². The molecule has 1 aliphatic rings. The maximum atomic E-state index is 5.32. The lowest BCUT2D eigenvalue weighted by Crippen LogP contribution is -2.37. The molecule has 0 radical (unpaired) electrons. The summed E-state index contributed by atoms with van der Waals surface area (Å²) in [5, 5.41) is 10.6. The van der Waals surface area contributed by atoms with Crippen LogP contribution in [-0.2, 0) is 11.2 Å². The Morgan fingerprint density at radius 1 is 1.42 bits per heavy atom. The van der Waals surface area contributed by atoms with E-state index in [1.54, 1.807) is 0 Å². The van der Waals surface area contributed by atoms with Gasteiger partial charge in [-0.15, -0.1) is 5.10 Å². The quantitative estimate of drug-likeness (QED) is 0.716. The molecule has 6 heteroatoms. The number of nitrogens with one attached hydrogen (secondary N) is 2. The highest BCUT2D eigenvalue weighted by atomic mass is 16.5. The molecule has 2 rings (SSSR count). The molecule has 1 aromatic heterocycles. The van der Waals surface area contributed by atoms with Crippen molar-refractivity contribution in [2.75, 3.05) is 44.8 Å². The molecule has 2 N–H and O–H groups in total. The minimum absolute atomic E-state index is 0.704. The average Bonchev–Trinajstić information content (AvgIpc) is 2.89. The van der Waals surface area contributed by atoms with Crippen LogP contribution in [-0.4, -0.2) is 55.1 Å². The van der Waals surface area contributed by atoms with Crippen molar-refractivity contribution >= 4 is 5.95 Å². The van der Waals surface area contributed by atoms with E-state index in [2.05, 4.69) is 25.4 Å². The first kappa shape index (κ1) is 14.3. The molecule has 0 spiro atoms. The predicted octanol–water partition coefficient (Wildman–Crippen LogP) is 0.819. The van der Waals surface area contributed by atoms with Crippen LogP contribution in [0.25, 0.3) is 0 Å². The van der Waals surface area contributed by atoms with E-state index in [1.165, 1.54) is 12.8 Å². The van der Waals surface area contributed by atoms with Gasteiger partial charge < -0.3 is 15.0 Å². The van der Waals surface area contributed by atoms with Crippen molar-refractivity contribution in [3.05, 3.63) is 5.82 Å². The lowest BCUT2D eigenvalue weighted by Gasteiger charge is -2.30. The van der Waals surface area contributed by atoms with Crippen LogP contribution < -0.4 is 10.2 Å². The first-order chi connectivity index (χ1) is 9.33. The molecule has 108 valence electrons. The first-order valence-electron chi connectivity index (χ1n) is 7.22. The Labute approximate surface area is 114 Å². The van der Waals surface area contributed by atoms with E-state index in [0.29, 0.717) is 6.61 Å². The van der Waals surface area contributed by atoms with Crippen molar-refractivity contribution in [3.8, 4) is 0 Å². The van der Waals surface area contributed by atoms with Gasteiger partial charge in [-0.3, -0.25) is 5.10 Å². The van der Waals surface area contributed by atoms with E-state index in [9.17, 15) is 0 Å². The number of H-pyrrole nitrogens is 1. The van der Waals surface area contributed by atoms with Gasteiger partial charge >= 0.3 is 0 Å². The third-order valence-electron chi connectivity index (χ3n) is 3.60. The zero-order valence-corrected chi connectivity index (χ0v) is 12.0. The van der Waals surface area contributed by atoms with E-state index in [0.717, 1.165) is 50.4 Å². The number of piperidine rings is 1. The Morgan fingerprint density at radius 3 is 2.89 bits per heavy atom. The van der Waals surface area contributed by atoms with Crippen molar-refractivity contribution in [1.82, 2.24) is 20.5 Å². The van der Waals surface area contributed by atoms with Crippen molar-refractivity contribution in [3.63, 3.8) is 0 Å². The minimum Gasteiger partial charge on any atom is -0.381 e. The number of hydrogen-bond donors (Lipinski definition) is 2. The summed E-state index contributed by atoms with van der Waals surface area (Å²) in [6.45, 7) is 6.67. The summed E-state index contributed by atoms with van der Waals surface area (Å²) in [6, 6.07) is 0. The molecule has 0 saturated carbocycles. The standard InChI is InChI=1S/C13H25N5O/c1-3-19-9-6-12-15-13(17-16-12)18-7-4-11(5-8-18)10-14-2/h11,14H,3-10H2,1-2H3,(H,15,16,17). The second-order valence-electron chi connectivity index (χ2n) is 5.02. The van der Waals surface area contributed by atoms with Crippen LogP contribution in [0.4, 0.5) is 5.95 Å². The van der Waals surface area contributed by atoms with Crippen molar-refractivity contribution in [2.24, 2.45) is 5.92 Å². The van der Waals surface area contributed by atoms with E-state index in [1.807, 2.05) is 14.0 Å². The SMILES string of the molecule is CCOCCc1nc(N2CCC(CNC)CC2)n[nH]1. The Kier molecular flexibility index (Phi) is 5.60. The second-order valence-corrected chi connectivity index (χ2v) is 5.02. The van der Waals surface area contributed by atoms with Gasteiger partial charge in [0.1, 0.15) is 5.82 Å². The Morgan fingerprint density at radius 2 is 2.21 bits per heavy atom. The van der Waals surface area contributed by atoms with E-state index in [-0.39, 0.29) is 0 Å². The molecule has 1 aliphatic heterocycles. The normalized spacial score (nSPS) is 17.1. The Hall–Kier alpha value is -1.14. The molecule has 0 atom stereocenters. The highest BCUT2D eigenvalue weighted by molar-refractivity contribution is 5.29. The number of aromatic amines is 1. The van der Waals surface area contributed by atoms with Gasteiger partial charge in [0.05, 0.1) is 6.61 Å². The molecule has 0 bridgehead atoms. The van der Waals surface area contributed by atoms with Gasteiger partial charge in [0.25, 0.3) is 0 Å². The molecule has 0 aromatic carbocycles. The number of hydrogen-bond acceptors (Lipinski definition) is 5. The zero-order valence-electron chi connectivity index (χ0n) is 12.0. The zero-order chi connectivity index (χ0) is 13.5. The van der Waals surface area contributed by atoms with Crippen LogP contribution in [0.1, 0.15) is 25.6 Å². The maximum absolute atomic E-state index is 5.32. The molecule has 0 aliphatic carbocycles. The maximum Gasteiger partial charge on any atom is 0.244 e. The summed E-state index contributed by atoms with van der Waals surface area (Å²) in [5.74, 6) is 2.55. The number of aromatic nitrogens is 3. The van der Waals surface area contributed by atoms with Gasteiger partial charge in [0, 0.05) is 26.1 Å². The van der Waals surface area contributed by atoms with Crippen LogP contribution in [0, 0.1) is 5.92 Å².